The lowest BCUT2D eigenvalue weighted by Crippen LogP contribution is -2.51. The van der Waals surface area contributed by atoms with Gasteiger partial charge >= 0.3 is 12.2 Å². The van der Waals surface area contributed by atoms with E-state index in [0.717, 1.165) is 5.69 Å². The highest BCUT2D eigenvalue weighted by molar-refractivity contribution is 5.87. The summed E-state index contributed by atoms with van der Waals surface area (Å²) >= 11 is 0. The summed E-state index contributed by atoms with van der Waals surface area (Å²) < 4.78 is 36.5. The summed E-state index contributed by atoms with van der Waals surface area (Å²) in [6.45, 7) is -0.708. The second-order valence-corrected chi connectivity index (χ2v) is 5.49. The molecule has 132 valence electrons. The van der Waals surface area contributed by atoms with Crippen LogP contribution >= 0.6 is 0 Å². The molecule has 24 heavy (non-hydrogen) atoms. The summed E-state index contributed by atoms with van der Waals surface area (Å²) in [6, 6.07) is 4.15. The molecule has 2 rings (SSSR count). The summed E-state index contributed by atoms with van der Waals surface area (Å²) in [5.74, 6) is -0.773. The fourth-order valence-electron chi connectivity index (χ4n) is 2.53. The zero-order valence-electron chi connectivity index (χ0n) is 13.0. The smallest absolute Gasteiger partial charge is 0.345 e. The fourth-order valence-corrected chi connectivity index (χ4v) is 2.53. The van der Waals surface area contributed by atoms with Crippen LogP contribution in [0, 0.1) is 0 Å². The van der Waals surface area contributed by atoms with E-state index >= 15 is 0 Å². The SMILES string of the molecule is O=C(NCC(F)(F)F)C1CCCN1C(=O)NCCc1ccccn1. The van der Waals surface area contributed by atoms with E-state index in [-0.39, 0.29) is 0 Å². The molecule has 1 aliphatic rings. The zero-order valence-corrected chi connectivity index (χ0v) is 13.0. The number of nitrogens with zero attached hydrogens (tertiary/aromatic N) is 2. The molecule has 9 heteroatoms. The van der Waals surface area contributed by atoms with Crippen molar-refractivity contribution >= 4 is 11.9 Å². The number of carbonyl (C=O) groups excluding carboxylic acids is 2. The molecular formula is C15H19F3N4O2. The maximum atomic E-state index is 12.2. The van der Waals surface area contributed by atoms with Crippen LogP contribution in [0.5, 0.6) is 0 Å². The van der Waals surface area contributed by atoms with Gasteiger partial charge in [-0.05, 0) is 25.0 Å². The first-order valence-corrected chi connectivity index (χ1v) is 7.65. The van der Waals surface area contributed by atoms with E-state index < -0.39 is 30.7 Å². The van der Waals surface area contributed by atoms with Crippen molar-refractivity contribution in [3.63, 3.8) is 0 Å². The third-order valence-electron chi connectivity index (χ3n) is 3.66. The Morgan fingerprint density at radius 2 is 2.08 bits per heavy atom. The van der Waals surface area contributed by atoms with Gasteiger partial charge in [-0.1, -0.05) is 6.07 Å². The normalized spacial score (nSPS) is 17.6. The number of likely N-dealkylation sites (tertiary alicyclic amines) is 1. The van der Waals surface area contributed by atoms with Crippen LogP contribution < -0.4 is 10.6 Å². The van der Waals surface area contributed by atoms with Crippen molar-refractivity contribution in [2.45, 2.75) is 31.5 Å². The molecule has 0 bridgehead atoms. The fraction of sp³-hybridized carbons (Fsp3) is 0.533. The molecule has 1 fully saturated rings. The minimum absolute atomic E-state index is 0.337. The number of nitrogens with one attached hydrogen (secondary N) is 2. The minimum atomic E-state index is -4.47. The summed E-state index contributed by atoms with van der Waals surface area (Å²) in [7, 11) is 0. The number of halogens is 3. The first-order valence-electron chi connectivity index (χ1n) is 7.65. The van der Waals surface area contributed by atoms with Gasteiger partial charge in [-0.3, -0.25) is 9.78 Å². The maximum absolute atomic E-state index is 12.2. The van der Waals surface area contributed by atoms with Gasteiger partial charge in [0.25, 0.3) is 0 Å². The van der Waals surface area contributed by atoms with Crippen LogP contribution in [0.3, 0.4) is 0 Å². The first kappa shape index (κ1) is 18.0. The first-order chi connectivity index (χ1) is 11.4. The van der Waals surface area contributed by atoms with Crippen LogP contribution in [0.1, 0.15) is 18.5 Å². The van der Waals surface area contributed by atoms with Gasteiger partial charge in [0.15, 0.2) is 0 Å². The Morgan fingerprint density at radius 1 is 1.29 bits per heavy atom. The lowest BCUT2D eigenvalue weighted by atomic mass is 10.2. The molecule has 1 saturated heterocycles. The second-order valence-electron chi connectivity index (χ2n) is 5.49. The van der Waals surface area contributed by atoms with Gasteiger partial charge in [0, 0.05) is 31.4 Å². The molecule has 2 heterocycles. The number of carbonyl (C=O) groups is 2. The summed E-state index contributed by atoms with van der Waals surface area (Å²) in [5, 5.41) is 4.51. The van der Waals surface area contributed by atoms with E-state index in [1.165, 1.54) is 4.90 Å². The molecule has 3 amide bonds. The number of alkyl halides is 3. The number of rotatable bonds is 5. The van der Waals surface area contributed by atoms with Gasteiger partial charge in [0.2, 0.25) is 5.91 Å². The molecule has 1 aliphatic heterocycles. The number of aromatic nitrogens is 1. The molecule has 0 aromatic carbocycles. The van der Waals surface area contributed by atoms with Crippen LogP contribution in [0.25, 0.3) is 0 Å². The van der Waals surface area contributed by atoms with Crippen molar-refractivity contribution in [1.29, 1.82) is 0 Å². The van der Waals surface area contributed by atoms with Crippen LogP contribution in [0.2, 0.25) is 0 Å². The number of hydrogen-bond acceptors (Lipinski definition) is 3. The van der Waals surface area contributed by atoms with Crippen molar-refractivity contribution < 1.29 is 22.8 Å². The lowest BCUT2D eigenvalue weighted by molar-refractivity contribution is -0.140. The minimum Gasteiger partial charge on any atom is -0.345 e. The van der Waals surface area contributed by atoms with Gasteiger partial charge in [0.05, 0.1) is 0 Å². The van der Waals surface area contributed by atoms with Crippen LogP contribution in [-0.4, -0.2) is 53.7 Å². The van der Waals surface area contributed by atoms with Gasteiger partial charge in [-0.15, -0.1) is 0 Å². The Labute approximate surface area is 137 Å². The molecular weight excluding hydrogens is 325 g/mol. The van der Waals surface area contributed by atoms with Gasteiger partial charge in [-0.2, -0.15) is 13.2 Å². The topological polar surface area (TPSA) is 74.3 Å². The van der Waals surface area contributed by atoms with Gasteiger partial charge < -0.3 is 15.5 Å². The highest BCUT2D eigenvalue weighted by Gasteiger charge is 2.36. The van der Waals surface area contributed by atoms with E-state index in [9.17, 15) is 22.8 Å². The second kappa shape index (κ2) is 7.98. The van der Waals surface area contributed by atoms with Crippen LogP contribution in [0.15, 0.2) is 24.4 Å². The molecule has 0 radical (unpaired) electrons. The average molecular weight is 344 g/mol. The van der Waals surface area contributed by atoms with Crippen LogP contribution in [0.4, 0.5) is 18.0 Å². The van der Waals surface area contributed by atoms with E-state index in [1.807, 2.05) is 17.4 Å². The van der Waals surface area contributed by atoms with Crippen molar-refractivity contribution in [2.75, 3.05) is 19.6 Å². The average Bonchev–Trinajstić information content (AvgIpc) is 3.02. The molecule has 6 nitrogen and oxygen atoms in total. The Kier molecular flexibility index (Phi) is 5.99. The van der Waals surface area contributed by atoms with Crippen molar-refractivity contribution in [1.82, 2.24) is 20.5 Å². The van der Waals surface area contributed by atoms with Crippen molar-refractivity contribution in [3.05, 3.63) is 30.1 Å². The Morgan fingerprint density at radius 3 is 2.75 bits per heavy atom. The standard InChI is InChI=1S/C15H19F3N4O2/c16-15(17,18)10-21-13(23)12-5-3-9-22(12)14(24)20-8-6-11-4-1-2-7-19-11/h1-2,4,7,12H,3,5-6,8-10H2,(H,20,24)(H,21,23). The van der Waals surface area contributed by atoms with Crippen molar-refractivity contribution in [2.24, 2.45) is 0 Å². The van der Waals surface area contributed by atoms with E-state index in [4.69, 9.17) is 0 Å². The van der Waals surface area contributed by atoms with Crippen LogP contribution in [-0.2, 0) is 11.2 Å². The number of pyridine rings is 1. The lowest BCUT2D eigenvalue weighted by Gasteiger charge is -2.24. The van der Waals surface area contributed by atoms with E-state index in [1.54, 1.807) is 12.3 Å². The maximum Gasteiger partial charge on any atom is 0.405 e. The quantitative estimate of drug-likeness (QED) is 0.850. The molecule has 1 atom stereocenters. The summed E-state index contributed by atoms with van der Waals surface area (Å²) in [5.41, 5.74) is 0.818. The largest absolute Gasteiger partial charge is 0.405 e. The zero-order chi connectivity index (χ0) is 17.6. The molecule has 0 saturated carbocycles. The molecule has 1 unspecified atom stereocenters. The third-order valence-corrected chi connectivity index (χ3v) is 3.66. The number of amides is 3. The predicted octanol–water partition coefficient (Wildman–Crippen LogP) is 1.48. The molecule has 1 aromatic heterocycles. The third kappa shape index (κ3) is 5.39. The molecule has 0 aliphatic carbocycles. The van der Waals surface area contributed by atoms with Gasteiger partial charge in [-0.25, -0.2) is 4.79 Å². The number of hydrogen-bond donors (Lipinski definition) is 2. The summed E-state index contributed by atoms with van der Waals surface area (Å²) in [6.07, 6.45) is -1.34. The highest BCUT2D eigenvalue weighted by atomic mass is 19.4. The van der Waals surface area contributed by atoms with E-state index in [0.29, 0.717) is 32.4 Å². The highest BCUT2D eigenvalue weighted by Crippen LogP contribution is 2.18. The number of urea groups is 1. The van der Waals surface area contributed by atoms with E-state index in [2.05, 4.69) is 10.3 Å². The molecule has 0 spiro atoms. The van der Waals surface area contributed by atoms with Crippen molar-refractivity contribution in [3.8, 4) is 0 Å². The Hall–Kier alpha value is -2.32. The molecule has 2 N–H and O–H groups in total. The molecule has 1 aromatic rings. The monoisotopic (exact) mass is 344 g/mol. The van der Waals surface area contributed by atoms with Gasteiger partial charge in [0.1, 0.15) is 12.6 Å². The Balaban J connectivity index is 1.80. The Bertz CT molecular complexity index is 566. The predicted molar refractivity (Wildman–Crippen MR) is 80.1 cm³/mol. The summed E-state index contributed by atoms with van der Waals surface area (Å²) in [4.78, 5) is 29.4.